The smallest absolute Gasteiger partial charge is 0.129 e. The summed E-state index contributed by atoms with van der Waals surface area (Å²) in [5.41, 5.74) is 3.85. The van der Waals surface area contributed by atoms with E-state index in [1.54, 1.807) is 0 Å². The van der Waals surface area contributed by atoms with Gasteiger partial charge in [-0.2, -0.15) is 0 Å². The molecule has 1 saturated carbocycles. The van der Waals surface area contributed by atoms with Gasteiger partial charge < -0.3 is 19.4 Å². The zero-order chi connectivity index (χ0) is 19.4. The predicted molar refractivity (Wildman–Crippen MR) is 116 cm³/mol. The van der Waals surface area contributed by atoms with Crippen molar-refractivity contribution in [2.24, 2.45) is 10.9 Å². The average Bonchev–Trinajstić information content (AvgIpc) is 3.56. The highest BCUT2D eigenvalue weighted by Gasteiger charge is 2.45. The van der Waals surface area contributed by atoms with E-state index in [0.717, 1.165) is 51.1 Å². The molecule has 4 aliphatic rings. The van der Waals surface area contributed by atoms with E-state index < -0.39 is 0 Å². The summed E-state index contributed by atoms with van der Waals surface area (Å²) in [6, 6.07) is 8.86. The number of pyridine rings is 1. The minimum atomic E-state index is 0.475. The number of ether oxygens (including phenoxy) is 1. The molecular formula is C23H27N5O. The largest absolute Gasteiger partial charge is 0.378 e. The number of aromatic nitrogens is 1. The van der Waals surface area contributed by atoms with Gasteiger partial charge in [0.2, 0.25) is 0 Å². The van der Waals surface area contributed by atoms with Gasteiger partial charge in [-0.15, -0.1) is 0 Å². The maximum Gasteiger partial charge on any atom is 0.129 e. The lowest BCUT2D eigenvalue weighted by molar-refractivity contribution is 0.122. The lowest BCUT2D eigenvalue weighted by Crippen LogP contribution is -2.42. The highest BCUT2D eigenvalue weighted by molar-refractivity contribution is 6.00. The molecule has 29 heavy (non-hydrogen) atoms. The van der Waals surface area contributed by atoms with Crippen molar-refractivity contribution in [3.63, 3.8) is 0 Å². The second-order valence-electron chi connectivity index (χ2n) is 8.49. The first-order chi connectivity index (χ1) is 14.3. The van der Waals surface area contributed by atoms with Crippen LogP contribution >= 0.6 is 0 Å². The molecule has 1 unspecified atom stereocenters. The third kappa shape index (κ3) is 2.81. The maximum atomic E-state index is 5.49. The van der Waals surface area contributed by atoms with Gasteiger partial charge in [0.25, 0.3) is 0 Å². The van der Waals surface area contributed by atoms with Gasteiger partial charge in [0.05, 0.1) is 31.2 Å². The first-order valence-corrected chi connectivity index (χ1v) is 10.8. The fourth-order valence-electron chi connectivity index (χ4n) is 5.13. The number of rotatable bonds is 3. The molecule has 2 aromatic rings. The molecule has 2 fully saturated rings. The fraction of sp³-hybridized carbons (Fsp3) is 0.478. The molecule has 6 rings (SSSR count). The SMILES string of the molecule is CN1C(c2cccc3cc(N4CCOCC4)ncc23)=C2C=NCCN2C1C1CC1. The topological polar surface area (TPSA) is 44.2 Å². The normalized spacial score (nSPS) is 24.6. The molecule has 1 aromatic carbocycles. The van der Waals surface area contributed by atoms with Crippen molar-refractivity contribution in [1.29, 1.82) is 0 Å². The van der Waals surface area contributed by atoms with E-state index >= 15 is 0 Å². The van der Waals surface area contributed by atoms with Gasteiger partial charge in [-0.25, -0.2) is 4.98 Å². The van der Waals surface area contributed by atoms with Crippen LogP contribution in [0, 0.1) is 5.92 Å². The Bertz CT molecular complexity index is 1010. The summed E-state index contributed by atoms with van der Waals surface area (Å²) in [6.45, 7) is 5.28. The van der Waals surface area contributed by atoms with Gasteiger partial charge >= 0.3 is 0 Å². The Balaban J connectivity index is 1.45. The summed E-state index contributed by atoms with van der Waals surface area (Å²) >= 11 is 0. The molecule has 0 radical (unpaired) electrons. The van der Waals surface area contributed by atoms with E-state index in [9.17, 15) is 0 Å². The summed E-state index contributed by atoms with van der Waals surface area (Å²) in [5.74, 6) is 1.83. The molecule has 0 amide bonds. The third-order valence-corrected chi connectivity index (χ3v) is 6.69. The molecule has 1 atom stereocenters. The minimum Gasteiger partial charge on any atom is -0.378 e. The quantitative estimate of drug-likeness (QED) is 0.808. The Hall–Kier alpha value is -2.60. The van der Waals surface area contributed by atoms with Crippen LogP contribution in [0.5, 0.6) is 0 Å². The summed E-state index contributed by atoms with van der Waals surface area (Å²) < 4.78 is 5.49. The molecule has 0 bridgehead atoms. The summed E-state index contributed by atoms with van der Waals surface area (Å²) in [6.07, 6.45) is 7.30. The minimum absolute atomic E-state index is 0.475. The average molecular weight is 390 g/mol. The van der Waals surface area contributed by atoms with E-state index in [0.29, 0.717) is 6.17 Å². The van der Waals surface area contributed by atoms with Gasteiger partial charge in [-0.3, -0.25) is 4.99 Å². The van der Waals surface area contributed by atoms with Gasteiger partial charge in [0.15, 0.2) is 0 Å². The number of hydrogen-bond donors (Lipinski definition) is 0. The first-order valence-electron chi connectivity index (χ1n) is 10.8. The molecule has 6 heteroatoms. The van der Waals surface area contributed by atoms with Crippen LogP contribution in [0.3, 0.4) is 0 Å². The Morgan fingerprint density at radius 1 is 1.10 bits per heavy atom. The molecule has 150 valence electrons. The van der Waals surface area contributed by atoms with E-state index in [1.807, 2.05) is 0 Å². The maximum absolute atomic E-state index is 5.49. The second-order valence-corrected chi connectivity index (χ2v) is 8.49. The van der Waals surface area contributed by atoms with E-state index in [1.165, 1.54) is 40.6 Å². The Morgan fingerprint density at radius 3 is 2.79 bits per heavy atom. The molecule has 3 aliphatic heterocycles. The van der Waals surface area contributed by atoms with Crippen molar-refractivity contribution in [1.82, 2.24) is 14.8 Å². The monoisotopic (exact) mass is 389 g/mol. The zero-order valence-electron chi connectivity index (χ0n) is 16.9. The van der Waals surface area contributed by atoms with E-state index in [4.69, 9.17) is 9.72 Å². The van der Waals surface area contributed by atoms with Gasteiger partial charge in [-0.1, -0.05) is 18.2 Å². The van der Waals surface area contributed by atoms with Crippen molar-refractivity contribution < 1.29 is 4.74 Å². The number of aliphatic imine (C=N–C) groups is 1. The second kappa shape index (κ2) is 6.73. The van der Waals surface area contributed by atoms with Gasteiger partial charge in [-0.05, 0) is 30.2 Å². The van der Waals surface area contributed by atoms with Crippen LogP contribution in [-0.2, 0) is 4.74 Å². The number of anilines is 1. The number of fused-ring (bicyclic) bond motifs is 2. The number of morpholine rings is 1. The van der Waals surface area contributed by atoms with Crippen LogP contribution in [-0.4, -0.2) is 73.6 Å². The molecule has 6 nitrogen and oxygen atoms in total. The molecule has 1 aliphatic carbocycles. The predicted octanol–water partition coefficient (Wildman–Crippen LogP) is 2.81. The van der Waals surface area contributed by atoms with E-state index in [-0.39, 0.29) is 0 Å². The summed E-state index contributed by atoms with van der Waals surface area (Å²) in [4.78, 5) is 16.8. The van der Waals surface area contributed by atoms with Gasteiger partial charge in [0.1, 0.15) is 12.0 Å². The lowest BCUT2D eigenvalue weighted by Gasteiger charge is -2.33. The summed E-state index contributed by atoms with van der Waals surface area (Å²) in [7, 11) is 2.26. The molecule has 0 spiro atoms. The fourth-order valence-corrected chi connectivity index (χ4v) is 5.13. The van der Waals surface area contributed by atoms with Crippen molar-refractivity contribution in [3.8, 4) is 0 Å². The Morgan fingerprint density at radius 2 is 1.97 bits per heavy atom. The van der Waals surface area contributed by atoms with Crippen molar-refractivity contribution in [2.75, 3.05) is 51.3 Å². The molecule has 1 aromatic heterocycles. The van der Waals surface area contributed by atoms with Crippen LogP contribution < -0.4 is 4.90 Å². The van der Waals surface area contributed by atoms with Crippen LogP contribution in [0.1, 0.15) is 18.4 Å². The molecule has 0 N–H and O–H groups in total. The molecule has 4 heterocycles. The van der Waals surface area contributed by atoms with Crippen LogP contribution in [0.2, 0.25) is 0 Å². The van der Waals surface area contributed by atoms with Crippen LogP contribution in [0.4, 0.5) is 5.82 Å². The highest BCUT2D eigenvalue weighted by atomic mass is 16.5. The number of hydrogen-bond acceptors (Lipinski definition) is 6. The number of nitrogens with zero attached hydrogens (tertiary/aromatic N) is 5. The number of benzene rings is 1. The lowest BCUT2D eigenvalue weighted by atomic mass is 10.0. The van der Waals surface area contributed by atoms with Crippen LogP contribution in [0.15, 0.2) is 41.2 Å². The molecular weight excluding hydrogens is 362 g/mol. The standard InChI is InChI=1S/C23H27N5O/c1-26-22(20-15-24-7-8-28(20)23(26)16-5-6-16)18-4-2-3-17-13-21(25-14-19(17)18)27-9-11-29-12-10-27/h2-4,13-16,23H,5-12H2,1H3. The summed E-state index contributed by atoms with van der Waals surface area (Å²) in [5, 5.41) is 2.46. The molecule has 1 saturated heterocycles. The van der Waals surface area contributed by atoms with Crippen LogP contribution in [0.25, 0.3) is 16.5 Å². The van der Waals surface area contributed by atoms with Gasteiger partial charge in [0, 0.05) is 50.0 Å². The van der Waals surface area contributed by atoms with Crippen molar-refractivity contribution in [3.05, 3.63) is 41.7 Å². The number of allylic oxidation sites excluding steroid dienone is 1. The Kier molecular flexibility index (Phi) is 4.01. The van der Waals surface area contributed by atoms with Crippen molar-refractivity contribution >= 4 is 28.5 Å². The highest BCUT2D eigenvalue weighted by Crippen LogP contribution is 2.46. The zero-order valence-corrected chi connectivity index (χ0v) is 16.9. The van der Waals surface area contributed by atoms with Crippen molar-refractivity contribution in [2.45, 2.75) is 19.0 Å². The third-order valence-electron chi connectivity index (χ3n) is 6.69. The van der Waals surface area contributed by atoms with E-state index in [2.05, 4.69) is 63.4 Å². The Labute approximate surface area is 171 Å². The first kappa shape index (κ1) is 17.3.